The highest BCUT2D eigenvalue weighted by Gasteiger charge is 2.31. The molecule has 0 bridgehead atoms. The number of aliphatic hydroxyl groups excluding tert-OH is 10. The van der Waals surface area contributed by atoms with Gasteiger partial charge in [0.2, 0.25) is 0 Å². The number of carboxylic acids is 2. The fourth-order valence-corrected chi connectivity index (χ4v) is 8.01. The fourth-order valence-electron chi connectivity index (χ4n) is 8.01. The molecule has 18 nitrogen and oxygen atoms in total. The maximum absolute atomic E-state index is 13.6. The number of aliphatic hydroxyl groups is 10. The van der Waals surface area contributed by atoms with Gasteiger partial charge >= 0.3 is 5.97 Å². The molecule has 6 aromatic rings. The lowest BCUT2D eigenvalue weighted by Crippen LogP contribution is -2.50. The maximum Gasteiger partial charge on any atom is 0.305 e. The topological polar surface area (TPSA) is 358 Å². The van der Waals surface area contributed by atoms with Gasteiger partial charge in [-0.25, -0.2) is 8.78 Å². The Balaban J connectivity index is 0.000000225. The Morgan fingerprint density at radius 2 is 0.897 bits per heavy atom. The first-order valence-corrected chi connectivity index (χ1v) is 25.3. The van der Waals surface area contributed by atoms with E-state index >= 15 is 0 Å². The normalized spacial score (nSPS) is 15.2. The maximum atomic E-state index is 13.6. The van der Waals surface area contributed by atoms with Crippen molar-refractivity contribution in [2.75, 3.05) is 39.6 Å². The highest BCUT2D eigenvalue weighted by Crippen LogP contribution is 2.47. The summed E-state index contributed by atoms with van der Waals surface area (Å²) in [5.41, 5.74) is 16.7. The molecule has 0 saturated heterocycles. The number of benzene rings is 4. The standard InChI is InChI=1S/2C25H24FNO4.2C4H11NO3/c2*26-17-9-7-15(8-10-17)24-20-3-1-2-4-22(20)27-25(16-5-6-16)21(24)12-11-18(28)13-19(29)14-23(30)31;2*5-4(1-6,2-7)3-8/h2*1-4,7-12,16,18-19,28-29H,5-6,13-14H2,(H,30,31);2*6-8H,1-3,5H2/p-1/b2*12-11+;;/t2*18-,19-;;/m11../s1. The van der Waals surface area contributed by atoms with E-state index in [1.807, 2.05) is 48.5 Å². The van der Waals surface area contributed by atoms with E-state index in [1.165, 1.54) is 24.3 Å². The van der Waals surface area contributed by atoms with Gasteiger partial charge in [-0.3, -0.25) is 14.8 Å². The molecule has 2 heterocycles. The summed E-state index contributed by atoms with van der Waals surface area (Å²) in [6.07, 6.45) is 5.31. The minimum Gasteiger partial charge on any atom is -0.550 e. The van der Waals surface area contributed by atoms with Crippen molar-refractivity contribution in [1.82, 2.24) is 9.97 Å². The van der Waals surface area contributed by atoms with Gasteiger partial charge in [0.25, 0.3) is 0 Å². The molecule has 0 unspecified atom stereocenters. The van der Waals surface area contributed by atoms with E-state index in [0.717, 1.165) is 92.3 Å². The predicted octanol–water partition coefficient (Wildman–Crippen LogP) is 3.02. The SMILES string of the molecule is NC(CO)(CO)CO.NC(CO)(CO)CO.O=C(O)C[C@H](O)C[C@H](O)/C=C/c1c(C2CC2)nc2ccccc2c1-c1ccc(F)cc1.O=C([O-])C[C@H](O)C[C@H](O)/C=C/c1c(C2CC2)nc2ccccc2c1-c1ccc(F)cc1. The number of carbonyl (C=O) groups excluding carboxylic acids is 1. The van der Waals surface area contributed by atoms with Crippen molar-refractivity contribution in [3.63, 3.8) is 0 Å². The second kappa shape index (κ2) is 29.5. The van der Waals surface area contributed by atoms with Crippen molar-refractivity contribution in [2.45, 2.75) is 98.7 Å². The molecule has 4 atom stereocenters. The number of rotatable bonds is 22. The first-order valence-electron chi connectivity index (χ1n) is 25.3. The molecule has 0 aliphatic heterocycles. The lowest BCUT2D eigenvalue weighted by molar-refractivity contribution is -0.307. The average molecular weight is 1080 g/mol. The molecule has 4 aromatic carbocycles. The van der Waals surface area contributed by atoms with Gasteiger partial charge in [0.15, 0.2) is 0 Å². The van der Waals surface area contributed by atoms with Crippen LogP contribution in [0.5, 0.6) is 0 Å². The quantitative estimate of drug-likeness (QED) is 0.0465. The van der Waals surface area contributed by atoms with E-state index in [0.29, 0.717) is 11.8 Å². The first-order chi connectivity index (χ1) is 37.2. The number of halogens is 2. The van der Waals surface area contributed by atoms with Crippen LogP contribution in [0.2, 0.25) is 0 Å². The van der Waals surface area contributed by atoms with E-state index in [2.05, 4.69) is 0 Å². The summed E-state index contributed by atoms with van der Waals surface area (Å²) in [5, 5.41) is 112. The molecular weight excluding hydrogens is 1010 g/mol. The highest BCUT2D eigenvalue weighted by molar-refractivity contribution is 6.00. The minimum atomic E-state index is -1.36. The van der Waals surface area contributed by atoms with E-state index < -0.39 is 99.9 Å². The van der Waals surface area contributed by atoms with Crippen LogP contribution >= 0.6 is 0 Å². The first kappa shape index (κ1) is 62.3. The van der Waals surface area contributed by atoms with Crippen LogP contribution < -0.4 is 16.6 Å². The summed E-state index contributed by atoms with van der Waals surface area (Å²) in [4.78, 5) is 31.2. The molecule has 78 heavy (non-hydrogen) atoms. The Morgan fingerprint density at radius 1 is 0.564 bits per heavy atom. The van der Waals surface area contributed by atoms with Crippen LogP contribution in [0.25, 0.3) is 56.2 Å². The summed E-state index contributed by atoms with van der Waals surface area (Å²) in [5.74, 6) is -2.46. The Bertz CT molecular complexity index is 2730. The largest absolute Gasteiger partial charge is 0.550 e. The number of hydrogen-bond donors (Lipinski definition) is 13. The van der Waals surface area contributed by atoms with Gasteiger partial charge in [-0.15, -0.1) is 0 Å². The molecule has 0 spiro atoms. The second-order valence-corrected chi connectivity index (χ2v) is 19.6. The number of aromatic nitrogens is 2. The molecule has 0 radical (unpaired) electrons. The van der Waals surface area contributed by atoms with Crippen molar-refractivity contribution in [1.29, 1.82) is 0 Å². The zero-order valence-electron chi connectivity index (χ0n) is 42.9. The minimum absolute atomic E-state index is 0.0749. The second-order valence-electron chi connectivity index (χ2n) is 19.6. The van der Waals surface area contributed by atoms with Gasteiger partial charge in [-0.2, -0.15) is 0 Å². The number of nitrogens with zero attached hydrogens (tertiary/aromatic N) is 2. The van der Waals surface area contributed by atoms with E-state index in [9.17, 15) is 43.9 Å². The number of nitrogens with two attached hydrogens (primary N) is 2. The molecule has 0 amide bonds. The molecule has 2 aliphatic rings. The van der Waals surface area contributed by atoms with Crippen molar-refractivity contribution in [2.24, 2.45) is 11.5 Å². The van der Waals surface area contributed by atoms with Crippen LogP contribution in [0.15, 0.2) is 109 Å². The lowest BCUT2D eigenvalue weighted by atomic mass is 9.92. The number of carbonyl (C=O) groups is 2. The van der Waals surface area contributed by atoms with Gasteiger partial charge in [0, 0.05) is 70.1 Å². The summed E-state index contributed by atoms with van der Waals surface area (Å²) in [7, 11) is 0. The number of aliphatic carboxylic acids is 2. The predicted molar refractivity (Wildman–Crippen MR) is 288 cm³/mol. The number of para-hydroxylation sites is 2. The van der Waals surface area contributed by atoms with Crippen LogP contribution in [0, 0.1) is 11.6 Å². The third-order valence-electron chi connectivity index (χ3n) is 12.8. The zero-order chi connectivity index (χ0) is 57.2. The van der Waals surface area contributed by atoms with E-state index in [4.69, 9.17) is 57.2 Å². The Morgan fingerprint density at radius 3 is 1.19 bits per heavy atom. The van der Waals surface area contributed by atoms with Gasteiger partial charge in [0.05, 0.1) is 104 Å². The Labute approximate surface area is 449 Å². The zero-order valence-corrected chi connectivity index (χ0v) is 42.9. The molecular formula is C58H69F2N4O14-. The van der Waals surface area contributed by atoms with Crippen molar-refractivity contribution in [3.8, 4) is 22.3 Å². The van der Waals surface area contributed by atoms with Crippen LogP contribution in [0.1, 0.15) is 85.7 Å². The third-order valence-corrected chi connectivity index (χ3v) is 12.8. The monoisotopic (exact) mass is 1080 g/mol. The molecule has 2 aromatic heterocycles. The summed E-state index contributed by atoms with van der Waals surface area (Å²) < 4.78 is 27.1. The molecule has 20 heteroatoms. The molecule has 15 N–H and O–H groups in total. The van der Waals surface area contributed by atoms with Crippen LogP contribution in [-0.2, 0) is 9.59 Å². The number of hydrogen-bond acceptors (Lipinski definition) is 17. The van der Waals surface area contributed by atoms with Gasteiger partial charge in [-0.05, 0) is 73.2 Å². The highest BCUT2D eigenvalue weighted by atomic mass is 19.1. The fraction of sp³-hybridized carbons (Fsp3) is 0.379. The van der Waals surface area contributed by atoms with E-state index in [-0.39, 0.29) is 24.5 Å². The average Bonchev–Trinajstić information content (AvgIpc) is 4.40. The molecule has 2 aliphatic carbocycles. The van der Waals surface area contributed by atoms with Crippen LogP contribution in [0.4, 0.5) is 8.78 Å². The van der Waals surface area contributed by atoms with Gasteiger partial charge in [0.1, 0.15) is 11.6 Å². The number of carboxylic acid groups (broad SMARTS) is 2. The van der Waals surface area contributed by atoms with Gasteiger partial charge < -0.3 is 77.5 Å². The van der Waals surface area contributed by atoms with Gasteiger partial charge in [-0.1, -0.05) is 85.0 Å². The summed E-state index contributed by atoms with van der Waals surface area (Å²) in [6, 6.07) is 28.2. The van der Waals surface area contributed by atoms with Crippen molar-refractivity contribution in [3.05, 3.63) is 143 Å². The summed E-state index contributed by atoms with van der Waals surface area (Å²) in [6.45, 7) is -2.42. The van der Waals surface area contributed by atoms with E-state index in [1.54, 1.807) is 48.6 Å². The number of fused-ring (bicyclic) bond motifs is 2. The Kier molecular flexibility index (Phi) is 23.6. The van der Waals surface area contributed by atoms with Crippen molar-refractivity contribution < 1.29 is 79.6 Å². The van der Waals surface area contributed by atoms with Crippen LogP contribution in [-0.4, -0.2) is 153 Å². The van der Waals surface area contributed by atoms with Crippen molar-refractivity contribution >= 4 is 45.9 Å². The number of pyridine rings is 2. The smallest absolute Gasteiger partial charge is 0.305 e. The third kappa shape index (κ3) is 18.3. The lowest BCUT2D eigenvalue weighted by Gasteiger charge is -2.20. The Hall–Kier alpha value is -6.50. The molecule has 2 fully saturated rings. The van der Waals surface area contributed by atoms with Crippen LogP contribution in [0.3, 0.4) is 0 Å². The molecule has 420 valence electrons. The summed E-state index contributed by atoms with van der Waals surface area (Å²) >= 11 is 0. The molecule has 2 saturated carbocycles. The molecule has 8 rings (SSSR count).